The van der Waals surface area contributed by atoms with Gasteiger partial charge in [-0.3, -0.25) is 4.90 Å². The number of urea groups is 1. The maximum Gasteiger partial charge on any atom is 0.325 e. The van der Waals surface area contributed by atoms with E-state index in [1.54, 1.807) is 11.8 Å². The van der Waals surface area contributed by atoms with Gasteiger partial charge in [0.05, 0.1) is 5.69 Å². The van der Waals surface area contributed by atoms with Crippen molar-refractivity contribution in [3.05, 3.63) is 29.8 Å². The molecule has 18 heavy (non-hydrogen) atoms. The first kappa shape index (κ1) is 13.3. The maximum atomic E-state index is 12.5. The van der Waals surface area contributed by atoms with E-state index in [0.29, 0.717) is 0 Å². The molecular weight excluding hydrogens is 244 g/mol. The average molecular weight is 264 g/mol. The highest BCUT2D eigenvalue weighted by atomic mass is 32.2. The first-order valence-electron chi connectivity index (χ1n) is 6.30. The molecule has 0 saturated carbocycles. The number of para-hydroxylation sites is 1. The number of carbonyl (C=O) groups excluding carboxylic acids is 1. The van der Waals surface area contributed by atoms with Crippen LogP contribution in [0.3, 0.4) is 0 Å². The second-order valence-electron chi connectivity index (χ2n) is 4.79. The fraction of sp³-hybridized carbons (Fsp3) is 0.500. The molecule has 0 radical (unpaired) electrons. The highest BCUT2D eigenvalue weighted by Crippen LogP contribution is 2.29. The Morgan fingerprint density at radius 1 is 1.33 bits per heavy atom. The molecule has 3 nitrogen and oxygen atoms in total. The third kappa shape index (κ3) is 2.48. The van der Waals surface area contributed by atoms with Crippen LogP contribution in [0.5, 0.6) is 0 Å². The lowest BCUT2D eigenvalue weighted by Gasteiger charge is -2.39. The molecule has 2 amide bonds. The highest BCUT2D eigenvalue weighted by Gasteiger charge is 2.31. The van der Waals surface area contributed by atoms with Crippen LogP contribution in [0.15, 0.2) is 24.3 Å². The number of rotatable bonds is 4. The van der Waals surface area contributed by atoms with Crippen LogP contribution in [0.2, 0.25) is 0 Å². The summed E-state index contributed by atoms with van der Waals surface area (Å²) in [5.74, 6) is 0.986. The summed E-state index contributed by atoms with van der Waals surface area (Å²) < 4.78 is 0. The van der Waals surface area contributed by atoms with Crippen molar-refractivity contribution < 1.29 is 4.79 Å². The van der Waals surface area contributed by atoms with Crippen molar-refractivity contribution in [2.75, 3.05) is 23.5 Å². The predicted molar refractivity (Wildman–Crippen MR) is 78.2 cm³/mol. The molecule has 4 heteroatoms. The monoisotopic (exact) mass is 264 g/mol. The molecular formula is C14H20N2OS. The Kier molecular flexibility index (Phi) is 4.17. The van der Waals surface area contributed by atoms with Gasteiger partial charge in [-0.25, -0.2) is 4.79 Å². The van der Waals surface area contributed by atoms with E-state index < -0.39 is 0 Å². The van der Waals surface area contributed by atoms with Crippen LogP contribution >= 0.6 is 11.8 Å². The number of carbonyl (C=O) groups is 1. The zero-order valence-electron chi connectivity index (χ0n) is 11.2. The number of fused-ring (bicyclic) bond motifs is 1. The van der Waals surface area contributed by atoms with Crippen molar-refractivity contribution in [2.45, 2.75) is 26.4 Å². The predicted octanol–water partition coefficient (Wildman–Crippen LogP) is 3.20. The number of thioether (sulfide) groups is 1. The molecule has 0 saturated heterocycles. The van der Waals surface area contributed by atoms with Crippen molar-refractivity contribution in [1.29, 1.82) is 0 Å². The topological polar surface area (TPSA) is 23.6 Å². The van der Waals surface area contributed by atoms with E-state index in [1.165, 1.54) is 5.56 Å². The highest BCUT2D eigenvalue weighted by molar-refractivity contribution is 7.98. The van der Waals surface area contributed by atoms with E-state index >= 15 is 0 Å². The Morgan fingerprint density at radius 3 is 2.72 bits per heavy atom. The summed E-state index contributed by atoms with van der Waals surface area (Å²) in [6, 6.07) is 8.52. The van der Waals surface area contributed by atoms with Gasteiger partial charge in [-0.1, -0.05) is 18.2 Å². The van der Waals surface area contributed by atoms with E-state index in [-0.39, 0.29) is 12.1 Å². The Hall–Kier alpha value is -1.16. The molecule has 0 bridgehead atoms. The van der Waals surface area contributed by atoms with Crippen LogP contribution in [0.25, 0.3) is 0 Å². The van der Waals surface area contributed by atoms with E-state index in [0.717, 1.165) is 24.5 Å². The zero-order chi connectivity index (χ0) is 13.1. The summed E-state index contributed by atoms with van der Waals surface area (Å²) in [7, 11) is 0. The Morgan fingerprint density at radius 2 is 2.06 bits per heavy atom. The maximum absolute atomic E-state index is 12.5. The molecule has 1 aliphatic rings. The first-order valence-corrected chi connectivity index (χ1v) is 7.69. The van der Waals surface area contributed by atoms with E-state index in [4.69, 9.17) is 0 Å². The fourth-order valence-electron chi connectivity index (χ4n) is 2.28. The minimum Gasteiger partial charge on any atom is -0.319 e. The first-order chi connectivity index (χ1) is 8.65. The van der Waals surface area contributed by atoms with Gasteiger partial charge in [-0.15, -0.1) is 0 Å². The van der Waals surface area contributed by atoms with Crippen molar-refractivity contribution in [3.63, 3.8) is 0 Å². The molecule has 0 aliphatic carbocycles. The third-order valence-corrected chi connectivity index (χ3v) is 3.76. The van der Waals surface area contributed by atoms with Crippen molar-refractivity contribution in [2.24, 2.45) is 0 Å². The Labute approximate surface area is 113 Å². The summed E-state index contributed by atoms with van der Waals surface area (Å²) in [6.45, 7) is 5.68. The lowest BCUT2D eigenvalue weighted by molar-refractivity contribution is 0.200. The van der Waals surface area contributed by atoms with Gasteiger partial charge in [0.2, 0.25) is 0 Å². The normalized spacial score (nSPS) is 15.2. The lowest BCUT2D eigenvalue weighted by Crippen LogP contribution is -2.50. The lowest BCUT2D eigenvalue weighted by atomic mass is 10.1. The Balaban J connectivity index is 2.31. The summed E-state index contributed by atoms with van der Waals surface area (Å²) in [6.07, 6.45) is 2.07. The minimum absolute atomic E-state index is 0.137. The van der Waals surface area contributed by atoms with Gasteiger partial charge in [0.1, 0.15) is 0 Å². The molecule has 1 aromatic rings. The zero-order valence-corrected chi connectivity index (χ0v) is 12.0. The van der Waals surface area contributed by atoms with Crippen LogP contribution in [0.1, 0.15) is 19.4 Å². The molecule has 0 unspecified atom stereocenters. The Bertz CT molecular complexity index is 434. The van der Waals surface area contributed by atoms with E-state index in [9.17, 15) is 4.79 Å². The minimum atomic E-state index is 0.137. The van der Waals surface area contributed by atoms with Gasteiger partial charge in [0, 0.05) is 24.9 Å². The van der Waals surface area contributed by atoms with Crippen molar-refractivity contribution in [1.82, 2.24) is 4.90 Å². The third-order valence-electron chi connectivity index (χ3n) is 3.17. The molecule has 1 heterocycles. The summed E-state index contributed by atoms with van der Waals surface area (Å²) in [5.41, 5.74) is 2.31. The van der Waals surface area contributed by atoms with Crippen LogP contribution in [0, 0.1) is 0 Å². The smallest absolute Gasteiger partial charge is 0.319 e. The van der Waals surface area contributed by atoms with Gasteiger partial charge in [-0.05, 0) is 31.7 Å². The summed E-state index contributed by atoms with van der Waals surface area (Å²) in [4.78, 5) is 16.3. The van der Waals surface area contributed by atoms with Crippen LogP contribution < -0.4 is 4.90 Å². The number of nitrogens with zero attached hydrogens (tertiary/aromatic N) is 2. The largest absolute Gasteiger partial charge is 0.325 e. The van der Waals surface area contributed by atoms with E-state index in [2.05, 4.69) is 26.2 Å². The molecule has 2 rings (SSSR count). The van der Waals surface area contributed by atoms with Crippen LogP contribution in [-0.4, -0.2) is 35.5 Å². The molecule has 0 spiro atoms. The second-order valence-corrected chi connectivity index (χ2v) is 5.77. The molecule has 0 N–H and O–H groups in total. The van der Waals surface area contributed by atoms with Gasteiger partial charge in [0.15, 0.2) is 0 Å². The molecule has 98 valence electrons. The van der Waals surface area contributed by atoms with Gasteiger partial charge in [0.25, 0.3) is 0 Å². The number of benzene rings is 1. The van der Waals surface area contributed by atoms with Gasteiger partial charge < -0.3 is 4.90 Å². The number of hydrogen-bond donors (Lipinski definition) is 0. The number of anilines is 1. The van der Waals surface area contributed by atoms with Crippen LogP contribution in [0.4, 0.5) is 10.5 Å². The summed E-state index contributed by atoms with van der Waals surface area (Å²) in [5, 5.41) is 0. The van der Waals surface area contributed by atoms with Crippen molar-refractivity contribution >= 4 is 23.5 Å². The summed E-state index contributed by atoms with van der Waals surface area (Å²) >= 11 is 1.78. The molecule has 1 aromatic carbocycles. The standard InChI is InChI=1S/C14H20N2OS/c1-11(2)16-13-7-5-4-6-12(13)10-15(14(16)17)8-9-18-3/h4-7,11H,8-10H2,1-3H3. The van der Waals surface area contributed by atoms with Crippen LogP contribution in [-0.2, 0) is 6.54 Å². The molecule has 0 atom stereocenters. The van der Waals surface area contributed by atoms with Gasteiger partial charge >= 0.3 is 6.03 Å². The average Bonchev–Trinajstić information content (AvgIpc) is 2.35. The fourth-order valence-corrected chi connectivity index (χ4v) is 2.69. The quantitative estimate of drug-likeness (QED) is 0.833. The molecule has 1 aliphatic heterocycles. The van der Waals surface area contributed by atoms with Gasteiger partial charge in [-0.2, -0.15) is 11.8 Å². The van der Waals surface area contributed by atoms with E-state index in [1.807, 2.05) is 28.0 Å². The molecule has 0 aromatic heterocycles. The SMILES string of the molecule is CSCCN1Cc2ccccc2N(C(C)C)C1=O. The second kappa shape index (κ2) is 5.65. The van der Waals surface area contributed by atoms with Crippen molar-refractivity contribution in [3.8, 4) is 0 Å². The number of amides is 2. The molecule has 0 fully saturated rings. The number of hydrogen-bond acceptors (Lipinski definition) is 2.